The van der Waals surface area contributed by atoms with Crippen molar-refractivity contribution >= 4 is 17.8 Å². The predicted octanol–water partition coefficient (Wildman–Crippen LogP) is 0.0903. The van der Waals surface area contributed by atoms with Crippen molar-refractivity contribution < 1.29 is 4.79 Å². The van der Waals surface area contributed by atoms with E-state index in [0.717, 1.165) is 57.5 Å². The van der Waals surface area contributed by atoms with Gasteiger partial charge in [0.2, 0.25) is 11.9 Å². The molecule has 136 valence electrons. The number of rotatable bonds is 6. The van der Waals surface area contributed by atoms with Crippen LogP contribution < -0.4 is 15.5 Å². The van der Waals surface area contributed by atoms with E-state index in [1.54, 1.807) is 12.4 Å². The van der Waals surface area contributed by atoms with Crippen molar-refractivity contribution in [3.05, 3.63) is 18.5 Å². The van der Waals surface area contributed by atoms with E-state index in [1.165, 1.54) is 0 Å². The molecule has 1 aromatic rings. The first-order valence-electron chi connectivity index (χ1n) is 9.11. The highest BCUT2D eigenvalue weighted by Gasteiger charge is 2.29. The predicted molar refractivity (Wildman–Crippen MR) is 97.5 cm³/mol. The first kappa shape index (κ1) is 17.4. The third-order valence-electron chi connectivity index (χ3n) is 4.37. The third kappa shape index (κ3) is 5.04. The van der Waals surface area contributed by atoms with Crippen LogP contribution in [0.1, 0.15) is 19.8 Å². The Labute approximate surface area is 148 Å². The van der Waals surface area contributed by atoms with Crippen LogP contribution in [-0.2, 0) is 4.79 Å². The number of nitrogens with one attached hydrogen (secondary N) is 2. The zero-order valence-electron chi connectivity index (χ0n) is 14.8. The number of hydrogen-bond donors (Lipinski definition) is 2. The minimum atomic E-state index is 0.177. The molecule has 1 aromatic heterocycles. The van der Waals surface area contributed by atoms with Gasteiger partial charge in [0, 0.05) is 57.6 Å². The molecule has 1 amide bonds. The van der Waals surface area contributed by atoms with Crippen molar-refractivity contribution in [3.8, 4) is 0 Å². The molecular weight excluding hydrogens is 318 g/mol. The number of amides is 1. The largest absolute Gasteiger partial charge is 0.357 e. The van der Waals surface area contributed by atoms with E-state index >= 15 is 0 Å². The zero-order chi connectivity index (χ0) is 17.5. The Balaban J connectivity index is 1.47. The third-order valence-corrected chi connectivity index (χ3v) is 4.37. The van der Waals surface area contributed by atoms with Gasteiger partial charge < -0.3 is 20.4 Å². The minimum Gasteiger partial charge on any atom is -0.357 e. The zero-order valence-corrected chi connectivity index (χ0v) is 14.8. The normalized spacial score (nSPS) is 18.2. The number of aromatic nitrogens is 2. The van der Waals surface area contributed by atoms with Gasteiger partial charge in [0.05, 0.1) is 6.54 Å². The van der Waals surface area contributed by atoms with Crippen LogP contribution >= 0.6 is 0 Å². The summed E-state index contributed by atoms with van der Waals surface area (Å²) in [5.74, 6) is 2.13. The van der Waals surface area contributed by atoms with Gasteiger partial charge in [-0.1, -0.05) is 0 Å². The maximum atomic E-state index is 11.6. The molecule has 0 atom stereocenters. The molecule has 0 unspecified atom stereocenters. The molecule has 0 spiro atoms. The van der Waals surface area contributed by atoms with Gasteiger partial charge in [-0.2, -0.15) is 0 Å². The van der Waals surface area contributed by atoms with Crippen molar-refractivity contribution in [2.75, 3.05) is 50.7 Å². The molecule has 0 aromatic carbocycles. The average molecular weight is 345 g/mol. The van der Waals surface area contributed by atoms with E-state index in [9.17, 15) is 4.79 Å². The number of piperazine rings is 1. The molecule has 2 aliphatic rings. The van der Waals surface area contributed by atoms with E-state index in [1.807, 2.05) is 6.07 Å². The van der Waals surface area contributed by atoms with Gasteiger partial charge in [-0.25, -0.2) is 9.97 Å². The standard InChI is InChI=1S/C17H27N7O/c1-2-18-16(22-9-8-19-15(25)14-4-5-14)23-10-12-24(13-11-23)17-20-6-3-7-21-17/h3,6-7,14H,2,4-5,8-13H2,1H3,(H,18,22)(H,19,25). The molecule has 0 bridgehead atoms. The summed E-state index contributed by atoms with van der Waals surface area (Å²) in [7, 11) is 0. The molecule has 1 saturated heterocycles. The fourth-order valence-electron chi connectivity index (χ4n) is 2.83. The number of nitrogens with zero attached hydrogens (tertiary/aromatic N) is 5. The molecule has 1 aliphatic carbocycles. The Bertz CT molecular complexity index is 580. The second kappa shape index (κ2) is 8.64. The van der Waals surface area contributed by atoms with Crippen LogP contribution in [0.3, 0.4) is 0 Å². The minimum absolute atomic E-state index is 0.177. The summed E-state index contributed by atoms with van der Waals surface area (Å²) >= 11 is 0. The average Bonchev–Trinajstić information content (AvgIpc) is 3.50. The van der Waals surface area contributed by atoms with Crippen molar-refractivity contribution in [1.29, 1.82) is 0 Å². The molecule has 2 N–H and O–H groups in total. The molecule has 0 radical (unpaired) electrons. The summed E-state index contributed by atoms with van der Waals surface area (Å²) in [5.41, 5.74) is 0. The number of guanidine groups is 1. The number of anilines is 1. The second-order valence-corrected chi connectivity index (χ2v) is 6.32. The maximum Gasteiger partial charge on any atom is 0.225 e. The lowest BCUT2D eigenvalue weighted by atomic mass is 10.3. The molecule has 3 rings (SSSR count). The van der Waals surface area contributed by atoms with Crippen molar-refractivity contribution in [3.63, 3.8) is 0 Å². The van der Waals surface area contributed by atoms with Crippen LogP contribution in [0.25, 0.3) is 0 Å². The lowest BCUT2D eigenvalue weighted by molar-refractivity contribution is -0.122. The summed E-state index contributed by atoms with van der Waals surface area (Å²) in [6, 6.07) is 1.83. The lowest BCUT2D eigenvalue weighted by Gasteiger charge is -2.36. The van der Waals surface area contributed by atoms with E-state index < -0.39 is 0 Å². The van der Waals surface area contributed by atoms with Crippen molar-refractivity contribution in [2.45, 2.75) is 19.8 Å². The summed E-state index contributed by atoms with van der Waals surface area (Å²) in [4.78, 5) is 29.4. The molecule has 25 heavy (non-hydrogen) atoms. The Hall–Kier alpha value is -2.38. The van der Waals surface area contributed by atoms with Crippen molar-refractivity contribution in [1.82, 2.24) is 25.5 Å². The van der Waals surface area contributed by atoms with E-state index in [2.05, 4.69) is 42.3 Å². The highest BCUT2D eigenvalue weighted by Crippen LogP contribution is 2.28. The molecule has 1 saturated carbocycles. The van der Waals surface area contributed by atoms with Gasteiger partial charge in [0.25, 0.3) is 0 Å². The summed E-state index contributed by atoms with van der Waals surface area (Å²) in [6.07, 6.45) is 5.62. The van der Waals surface area contributed by atoms with Crippen LogP contribution in [0.2, 0.25) is 0 Å². The van der Waals surface area contributed by atoms with E-state index in [4.69, 9.17) is 0 Å². The van der Waals surface area contributed by atoms with Crippen molar-refractivity contribution in [2.24, 2.45) is 10.9 Å². The highest BCUT2D eigenvalue weighted by atomic mass is 16.2. The Morgan fingerprint density at radius 3 is 2.56 bits per heavy atom. The first-order valence-corrected chi connectivity index (χ1v) is 9.11. The molecular formula is C17H27N7O. The first-order chi connectivity index (χ1) is 12.3. The Morgan fingerprint density at radius 1 is 1.20 bits per heavy atom. The topological polar surface area (TPSA) is 85.8 Å². The van der Waals surface area contributed by atoms with Crippen LogP contribution in [0.15, 0.2) is 23.5 Å². The summed E-state index contributed by atoms with van der Waals surface area (Å²) in [5, 5.41) is 6.30. The fraction of sp³-hybridized carbons (Fsp3) is 0.647. The van der Waals surface area contributed by atoms with Crippen LogP contribution in [0, 0.1) is 5.92 Å². The maximum absolute atomic E-state index is 11.6. The van der Waals surface area contributed by atoms with Gasteiger partial charge in [0.15, 0.2) is 5.96 Å². The fourth-order valence-corrected chi connectivity index (χ4v) is 2.83. The molecule has 2 heterocycles. The van der Waals surface area contributed by atoms with Crippen LogP contribution in [0.5, 0.6) is 0 Å². The van der Waals surface area contributed by atoms with Crippen LogP contribution in [-0.4, -0.2) is 72.5 Å². The number of carbonyl (C=O) groups is 1. The molecule has 1 aliphatic heterocycles. The van der Waals surface area contributed by atoms with E-state index in [-0.39, 0.29) is 11.8 Å². The van der Waals surface area contributed by atoms with Gasteiger partial charge in [0.1, 0.15) is 0 Å². The summed E-state index contributed by atoms with van der Waals surface area (Å²) < 4.78 is 0. The number of carbonyl (C=O) groups excluding carboxylic acids is 1. The Morgan fingerprint density at radius 2 is 1.92 bits per heavy atom. The summed E-state index contributed by atoms with van der Waals surface area (Å²) in [6.45, 7) is 7.58. The lowest BCUT2D eigenvalue weighted by Crippen LogP contribution is -2.53. The second-order valence-electron chi connectivity index (χ2n) is 6.32. The van der Waals surface area contributed by atoms with Gasteiger partial charge in [-0.05, 0) is 25.8 Å². The van der Waals surface area contributed by atoms with Gasteiger partial charge in [-0.3, -0.25) is 9.79 Å². The van der Waals surface area contributed by atoms with Crippen LogP contribution in [0.4, 0.5) is 5.95 Å². The molecule has 8 heteroatoms. The van der Waals surface area contributed by atoms with E-state index in [0.29, 0.717) is 13.1 Å². The molecule has 2 fully saturated rings. The quantitative estimate of drug-likeness (QED) is 0.432. The Kier molecular flexibility index (Phi) is 6.03. The molecule has 8 nitrogen and oxygen atoms in total. The smallest absolute Gasteiger partial charge is 0.225 e. The number of aliphatic imine (C=N–C) groups is 1. The monoisotopic (exact) mass is 345 g/mol. The van der Waals surface area contributed by atoms with Gasteiger partial charge >= 0.3 is 0 Å². The number of hydrogen-bond acceptors (Lipinski definition) is 5. The van der Waals surface area contributed by atoms with Gasteiger partial charge in [-0.15, -0.1) is 0 Å². The SMILES string of the molecule is CCNC(=NCCNC(=O)C1CC1)N1CCN(c2ncccn2)CC1. The highest BCUT2D eigenvalue weighted by molar-refractivity contribution is 5.81.